The first-order valence-corrected chi connectivity index (χ1v) is 14.1. The molecule has 6 nitrogen and oxygen atoms in total. The fourth-order valence-electron chi connectivity index (χ4n) is 9.71. The smallest absolute Gasteiger partial charge is 0.177 e. The van der Waals surface area contributed by atoms with E-state index in [4.69, 9.17) is 0 Å². The molecule has 11 atom stereocenters. The van der Waals surface area contributed by atoms with Crippen LogP contribution in [-0.2, 0) is 6.42 Å². The SMILES string of the molecule is CC(CCc1nc2ncccc2[nH]1)[C@H]1CC[C@H]2[C@@H]3[C@H](O)C[C@@H]4C[C@H](O)CC[C@]4(C)[C@H]3C[C@H](O)[C@]12C. The predicted molar refractivity (Wildman–Crippen MR) is 135 cm³/mol. The zero-order valence-electron chi connectivity index (χ0n) is 21.5. The number of fused-ring (bicyclic) bond motifs is 6. The van der Waals surface area contributed by atoms with Crippen LogP contribution in [0.3, 0.4) is 0 Å². The molecular weight excluding hydrogens is 438 g/mol. The van der Waals surface area contributed by atoms with Gasteiger partial charge in [-0.05, 0) is 110 Å². The molecule has 0 radical (unpaired) electrons. The van der Waals surface area contributed by atoms with E-state index in [1.54, 1.807) is 6.20 Å². The van der Waals surface area contributed by atoms with Crippen LogP contribution in [-0.4, -0.2) is 48.6 Å². The quantitative estimate of drug-likeness (QED) is 0.515. The van der Waals surface area contributed by atoms with E-state index in [0.717, 1.165) is 74.8 Å². The van der Waals surface area contributed by atoms with E-state index in [1.807, 2.05) is 12.1 Å². The number of aromatic amines is 1. The molecule has 0 spiro atoms. The topological polar surface area (TPSA) is 102 Å². The van der Waals surface area contributed by atoms with Crippen LogP contribution in [0.4, 0.5) is 0 Å². The van der Waals surface area contributed by atoms with Crippen molar-refractivity contribution in [1.82, 2.24) is 15.0 Å². The van der Waals surface area contributed by atoms with Crippen LogP contribution >= 0.6 is 0 Å². The number of imidazole rings is 1. The second kappa shape index (κ2) is 8.53. The van der Waals surface area contributed by atoms with E-state index >= 15 is 0 Å². The summed E-state index contributed by atoms with van der Waals surface area (Å²) in [5, 5.41) is 33.5. The lowest BCUT2D eigenvalue weighted by Crippen LogP contribution is -2.62. The predicted octanol–water partition coefficient (Wildman–Crippen LogP) is 4.49. The number of nitrogens with one attached hydrogen (secondary N) is 1. The minimum atomic E-state index is -0.325. The third kappa shape index (κ3) is 3.61. The average Bonchev–Trinajstić information content (AvgIpc) is 3.41. The molecule has 0 aliphatic heterocycles. The number of aliphatic hydroxyl groups excluding tert-OH is 3. The first-order valence-electron chi connectivity index (χ1n) is 14.1. The first-order chi connectivity index (χ1) is 16.7. The Hall–Kier alpha value is -1.50. The van der Waals surface area contributed by atoms with Crippen LogP contribution in [0, 0.1) is 46.3 Å². The summed E-state index contributed by atoms with van der Waals surface area (Å²) in [7, 11) is 0. The van der Waals surface area contributed by atoms with Crippen LogP contribution in [0.15, 0.2) is 18.3 Å². The summed E-state index contributed by atoms with van der Waals surface area (Å²) < 4.78 is 0. The Morgan fingerprint density at radius 2 is 1.91 bits per heavy atom. The van der Waals surface area contributed by atoms with Crippen LogP contribution in [0.1, 0.15) is 78.0 Å². The average molecular weight is 482 g/mol. The van der Waals surface area contributed by atoms with Crippen molar-refractivity contribution in [3.8, 4) is 0 Å². The Balaban J connectivity index is 1.21. The molecular formula is C29H43N3O3. The Kier molecular flexibility index (Phi) is 5.82. The zero-order chi connectivity index (χ0) is 24.5. The lowest BCUT2D eigenvalue weighted by atomic mass is 9.43. The molecule has 6 heteroatoms. The second-order valence-electron chi connectivity index (χ2n) is 13.1. The van der Waals surface area contributed by atoms with E-state index in [2.05, 4.69) is 35.7 Å². The fourth-order valence-corrected chi connectivity index (χ4v) is 9.71. The molecule has 2 heterocycles. The molecule has 0 bridgehead atoms. The molecule has 2 aromatic heterocycles. The van der Waals surface area contributed by atoms with Crippen LogP contribution in [0.5, 0.6) is 0 Å². The maximum Gasteiger partial charge on any atom is 0.177 e. The van der Waals surface area contributed by atoms with E-state index in [9.17, 15) is 15.3 Å². The van der Waals surface area contributed by atoms with Crippen LogP contribution in [0.2, 0.25) is 0 Å². The van der Waals surface area contributed by atoms with Gasteiger partial charge in [0.05, 0.1) is 23.8 Å². The number of H-pyrrole nitrogens is 1. The molecule has 4 N–H and O–H groups in total. The van der Waals surface area contributed by atoms with Gasteiger partial charge in [0.1, 0.15) is 5.82 Å². The van der Waals surface area contributed by atoms with Gasteiger partial charge in [-0.3, -0.25) is 0 Å². The van der Waals surface area contributed by atoms with Gasteiger partial charge >= 0.3 is 0 Å². The number of aryl methyl sites for hydroxylation is 1. The molecule has 0 aromatic carbocycles. The molecule has 0 saturated heterocycles. The molecule has 6 rings (SSSR count). The highest BCUT2D eigenvalue weighted by atomic mass is 16.3. The Labute approximate surface area is 209 Å². The van der Waals surface area contributed by atoms with Crippen molar-refractivity contribution < 1.29 is 15.3 Å². The van der Waals surface area contributed by atoms with Crippen molar-refractivity contribution in [2.45, 2.75) is 96.9 Å². The van der Waals surface area contributed by atoms with Gasteiger partial charge in [0.2, 0.25) is 0 Å². The molecule has 4 fully saturated rings. The van der Waals surface area contributed by atoms with E-state index < -0.39 is 0 Å². The van der Waals surface area contributed by atoms with E-state index in [-0.39, 0.29) is 35.1 Å². The van der Waals surface area contributed by atoms with Gasteiger partial charge in [-0.2, -0.15) is 0 Å². The fraction of sp³-hybridized carbons (Fsp3) is 0.793. The van der Waals surface area contributed by atoms with Crippen molar-refractivity contribution in [2.75, 3.05) is 0 Å². The van der Waals surface area contributed by atoms with Gasteiger partial charge in [0.15, 0.2) is 5.65 Å². The van der Waals surface area contributed by atoms with Gasteiger partial charge in [-0.1, -0.05) is 20.8 Å². The van der Waals surface area contributed by atoms with Crippen LogP contribution < -0.4 is 0 Å². The molecule has 192 valence electrons. The third-order valence-electron chi connectivity index (χ3n) is 11.7. The maximum atomic E-state index is 11.8. The highest BCUT2D eigenvalue weighted by Crippen LogP contribution is 2.68. The van der Waals surface area contributed by atoms with Gasteiger partial charge < -0.3 is 20.3 Å². The number of aliphatic hydroxyl groups is 3. The summed E-state index contributed by atoms with van der Waals surface area (Å²) in [5.41, 5.74) is 1.76. The second-order valence-corrected chi connectivity index (χ2v) is 13.1. The number of rotatable bonds is 4. The normalized spacial score (nSPS) is 46.1. The number of hydrogen-bond donors (Lipinski definition) is 4. The van der Waals surface area contributed by atoms with Gasteiger partial charge in [-0.15, -0.1) is 0 Å². The summed E-state index contributed by atoms with van der Waals surface area (Å²) >= 11 is 0. The third-order valence-corrected chi connectivity index (χ3v) is 11.7. The van der Waals surface area contributed by atoms with Crippen LogP contribution in [0.25, 0.3) is 11.2 Å². The minimum absolute atomic E-state index is 0.129. The molecule has 0 amide bonds. The Bertz CT molecular complexity index is 1040. The molecule has 35 heavy (non-hydrogen) atoms. The highest BCUT2D eigenvalue weighted by molar-refractivity contribution is 5.69. The van der Waals surface area contributed by atoms with Crippen molar-refractivity contribution in [3.63, 3.8) is 0 Å². The summed E-state index contributed by atoms with van der Waals surface area (Å²) in [6, 6.07) is 3.95. The zero-order valence-corrected chi connectivity index (χ0v) is 21.5. The number of pyridine rings is 1. The standard InChI is InChI=1S/C29H43N3O3/c1-16(6-9-25-31-22-5-4-12-30-27(22)32-25)19-7-8-20-26-21(15-24(35)29(19,20)3)28(2)11-10-18(33)13-17(28)14-23(26)34/h4-5,12,16-21,23-24,26,33-35H,6-11,13-15H2,1-3H3,(H,30,31,32)/t16?,17-,18+,19+,20-,21-,23+,24-,26-,28-,29+/m0/s1. The van der Waals surface area contributed by atoms with Crippen molar-refractivity contribution in [2.24, 2.45) is 46.3 Å². The summed E-state index contributed by atoms with van der Waals surface area (Å²) in [6.45, 7) is 7.10. The summed E-state index contributed by atoms with van der Waals surface area (Å²) in [4.78, 5) is 12.4. The van der Waals surface area contributed by atoms with Crippen molar-refractivity contribution in [1.29, 1.82) is 0 Å². The molecule has 1 unspecified atom stereocenters. The van der Waals surface area contributed by atoms with Crippen molar-refractivity contribution >= 4 is 11.2 Å². The van der Waals surface area contributed by atoms with Gasteiger partial charge in [0, 0.05) is 12.6 Å². The largest absolute Gasteiger partial charge is 0.393 e. The lowest BCUT2D eigenvalue weighted by Gasteiger charge is -2.63. The summed E-state index contributed by atoms with van der Waals surface area (Å²) in [6.07, 6.45) is 9.41. The lowest BCUT2D eigenvalue weighted by molar-refractivity contribution is -0.207. The molecule has 4 aliphatic rings. The Morgan fingerprint density at radius 3 is 2.71 bits per heavy atom. The maximum absolute atomic E-state index is 11.8. The minimum Gasteiger partial charge on any atom is -0.393 e. The van der Waals surface area contributed by atoms with E-state index in [0.29, 0.717) is 29.6 Å². The number of nitrogens with zero attached hydrogens (tertiary/aromatic N) is 2. The monoisotopic (exact) mass is 481 g/mol. The van der Waals surface area contributed by atoms with Gasteiger partial charge in [0.25, 0.3) is 0 Å². The molecule has 2 aromatic rings. The Morgan fingerprint density at radius 1 is 1.09 bits per heavy atom. The number of hydrogen-bond acceptors (Lipinski definition) is 5. The first kappa shape index (κ1) is 23.9. The number of aromatic nitrogens is 3. The van der Waals surface area contributed by atoms with Gasteiger partial charge in [-0.25, -0.2) is 9.97 Å². The van der Waals surface area contributed by atoms with E-state index in [1.165, 1.54) is 0 Å². The molecule has 4 aliphatic carbocycles. The highest BCUT2D eigenvalue weighted by Gasteiger charge is 2.65. The van der Waals surface area contributed by atoms with Crippen molar-refractivity contribution in [3.05, 3.63) is 24.2 Å². The summed E-state index contributed by atoms with van der Waals surface area (Å²) in [5.74, 6) is 3.30. The molecule has 4 saturated carbocycles.